The number of allylic oxidation sites excluding steroid dienone is 1. The van der Waals surface area contributed by atoms with Crippen molar-refractivity contribution in [1.82, 2.24) is 5.32 Å². The summed E-state index contributed by atoms with van der Waals surface area (Å²) in [5, 5.41) is 3.05. The summed E-state index contributed by atoms with van der Waals surface area (Å²) in [5.41, 5.74) is 7.36. The van der Waals surface area contributed by atoms with E-state index in [1.807, 2.05) is 6.08 Å². The van der Waals surface area contributed by atoms with Crippen LogP contribution in [0, 0.1) is 34.5 Å². The van der Waals surface area contributed by atoms with Crippen molar-refractivity contribution in [3.8, 4) is 0 Å². The normalized spacial score (nSPS) is 44.6. The molecule has 6 atom stereocenters. The lowest BCUT2D eigenvalue weighted by Gasteiger charge is -2.58. The lowest BCUT2D eigenvalue weighted by Crippen LogP contribution is -2.52. The van der Waals surface area contributed by atoms with Gasteiger partial charge in [-0.25, -0.2) is 0 Å². The van der Waals surface area contributed by atoms with Gasteiger partial charge in [-0.1, -0.05) is 19.4 Å². The molecule has 4 aliphatic rings. The molecule has 0 saturated heterocycles. The fraction of sp³-hybridized carbons (Fsp3) is 0.818. The number of nitrogens with two attached hydrogens (primary N) is 1. The minimum atomic E-state index is 0.141. The fourth-order valence-electron chi connectivity index (χ4n) is 7.31. The first-order valence-corrected chi connectivity index (χ1v) is 10.6. The Morgan fingerprint density at radius 1 is 1.15 bits per heavy atom. The van der Waals surface area contributed by atoms with Gasteiger partial charge in [0.15, 0.2) is 5.78 Å². The van der Waals surface area contributed by atoms with Crippen molar-refractivity contribution in [1.29, 1.82) is 0 Å². The van der Waals surface area contributed by atoms with Crippen LogP contribution in [0.5, 0.6) is 0 Å². The van der Waals surface area contributed by atoms with E-state index < -0.39 is 0 Å². The number of hydrogen-bond donors (Lipinski definition) is 2. The fourth-order valence-corrected chi connectivity index (χ4v) is 7.31. The van der Waals surface area contributed by atoms with E-state index in [1.165, 1.54) is 24.8 Å². The summed E-state index contributed by atoms with van der Waals surface area (Å²) >= 11 is 0. The van der Waals surface area contributed by atoms with Gasteiger partial charge in [0.1, 0.15) is 0 Å². The van der Waals surface area contributed by atoms with Crippen molar-refractivity contribution in [2.75, 3.05) is 13.1 Å². The molecule has 0 spiro atoms. The van der Waals surface area contributed by atoms with Gasteiger partial charge in [0.25, 0.3) is 0 Å². The maximum Gasteiger partial charge on any atom is 0.223 e. The molecule has 0 aromatic rings. The summed E-state index contributed by atoms with van der Waals surface area (Å²) < 4.78 is 0. The van der Waals surface area contributed by atoms with Gasteiger partial charge >= 0.3 is 0 Å². The van der Waals surface area contributed by atoms with Gasteiger partial charge in [-0.15, -0.1) is 0 Å². The van der Waals surface area contributed by atoms with E-state index in [0.717, 1.165) is 38.0 Å². The highest BCUT2D eigenvalue weighted by atomic mass is 16.2. The minimum Gasteiger partial charge on any atom is -0.355 e. The topological polar surface area (TPSA) is 72.2 Å². The number of carbonyl (C=O) groups excluding carboxylic acids is 2. The predicted molar refractivity (Wildman–Crippen MR) is 102 cm³/mol. The second-order valence-electron chi connectivity index (χ2n) is 9.72. The smallest absolute Gasteiger partial charge is 0.223 e. The van der Waals surface area contributed by atoms with Gasteiger partial charge in [-0.05, 0) is 79.6 Å². The first-order chi connectivity index (χ1) is 12.4. The molecular formula is C22H34N2O2. The highest BCUT2D eigenvalue weighted by Crippen LogP contribution is 2.66. The quantitative estimate of drug-likeness (QED) is 0.814. The molecule has 0 radical (unpaired) electrons. The van der Waals surface area contributed by atoms with Crippen molar-refractivity contribution < 1.29 is 9.59 Å². The maximum absolute atomic E-state index is 12.7. The van der Waals surface area contributed by atoms with Crippen LogP contribution < -0.4 is 11.1 Å². The minimum absolute atomic E-state index is 0.141. The standard InChI is InChI=1S/C22H34N2O2/c1-21-9-7-15(25)13-14(21)3-4-16-17-5-6-19(20(26)24-12-11-23)22(17,2)10-8-18(16)21/h13,16-19H,3-12,23H2,1-2H3,(H,24,26). The molecule has 0 bridgehead atoms. The Kier molecular flexibility index (Phi) is 4.53. The van der Waals surface area contributed by atoms with Crippen LogP contribution in [0.4, 0.5) is 0 Å². The van der Waals surface area contributed by atoms with Crippen LogP contribution >= 0.6 is 0 Å². The number of nitrogens with one attached hydrogen (secondary N) is 1. The van der Waals surface area contributed by atoms with Crippen LogP contribution in [0.25, 0.3) is 0 Å². The van der Waals surface area contributed by atoms with Crippen molar-refractivity contribution in [2.45, 2.75) is 65.2 Å². The first kappa shape index (κ1) is 18.2. The van der Waals surface area contributed by atoms with E-state index >= 15 is 0 Å². The number of carbonyl (C=O) groups is 2. The Balaban J connectivity index is 1.57. The molecule has 3 fully saturated rings. The lowest BCUT2D eigenvalue weighted by molar-refractivity contribution is -0.132. The molecule has 0 aromatic heterocycles. The van der Waals surface area contributed by atoms with Crippen molar-refractivity contribution >= 4 is 11.7 Å². The van der Waals surface area contributed by atoms with E-state index in [2.05, 4.69) is 19.2 Å². The molecule has 144 valence electrons. The Hall–Kier alpha value is -1.16. The summed E-state index contributed by atoms with van der Waals surface area (Å²) in [6.45, 7) is 5.90. The van der Waals surface area contributed by atoms with Gasteiger partial charge in [0.05, 0.1) is 0 Å². The van der Waals surface area contributed by atoms with Crippen molar-refractivity contribution in [3.63, 3.8) is 0 Å². The molecule has 3 saturated carbocycles. The molecule has 0 aromatic carbocycles. The Labute approximate surface area is 157 Å². The Morgan fingerprint density at radius 3 is 2.73 bits per heavy atom. The van der Waals surface area contributed by atoms with Crippen LogP contribution in [0.2, 0.25) is 0 Å². The summed E-state index contributed by atoms with van der Waals surface area (Å²) in [4.78, 5) is 24.7. The first-order valence-electron chi connectivity index (χ1n) is 10.6. The summed E-state index contributed by atoms with van der Waals surface area (Å²) in [6.07, 6.45) is 10.6. The molecule has 4 nitrogen and oxygen atoms in total. The number of ketones is 1. The van der Waals surface area contributed by atoms with Gasteiger partial charge in [-0.3, -0.25) is 9.59 Å². The summed E-state index contributed by atoms with van der Waals surface area (Å²) in [6, 6.07) is 0. The molecule has 4 rings (SSSR count). The monoisotopic (exact) mass is 358 g/mol. The molecule has 6 unspecified atom stereocenters. The molecule has 4 heteroatoms. The zero-order valence-corrected chi connectivity index (χ0v) is 16.4. The number of hydrogen-bond acceptors (Lipinski definition) is 3. The average Bonchev–Trinajstić information content (AvgIpc) is 2.97. The van der Waals surface area contributed by atoms with Gasteiger partial charge < -0.3 is 11.1 Å². The van der Waals surface area contributed by atoms with E-state index in [9.17, 15) is 9.59 Å². The van der Waals surface area contributed by atoms with E-state index in [0.29, 0.717) is 30.7 Å². The summed E-state index contributed by atoms with van der Waals surface area (Å²) in [7, 11) is 0. The van der Waals surface area contributed by atoms with E-state index in [1.54, 1.807) is 0 Å². The van der Waals surface area contributed by atoms with Crippen molar-refractivity contribution in [3.05, 3.63) is 11.6 Å². The van der Waals surface area contributed by atoms with Gasteiger partial charge in [-0.2, -0.15) is 0 Å². The lowest BCUT2D eigenvalue weighted by atomic mass is 9.47. The van der Waals surface area contributed by atoms with Gasteiger partial charge in [0, 0.05) is 25.4 Å². The number of fused-ring (bicyclic) bond motifs is 5. The predicted octanol–water partition coefficient (Wildman–Crippen LogP) is 3.21. The molecule has 3 N–H and O–H groups in total. The maximum atomic E-state index is 12.7. The van der Waals surface area contributed by atoms with Crippen LogP contribution in [0.15, 0.2) is 11.6 Å². The highest BCUT2D eigenvalue weighted by molar-refractivity contribution is 5.91. The average molecular weight is 359 g/mol. The molecule has 0 aliphatic heterocycles. The van der Waals surface area contributed by atoms with Crippen LogP contribution in [-0.4, -0.2) is 24.8 Å². The van der Waals surface area contributed by atoms with E-state index in [-0.39, 0.29) is 22.7 Å². The number of rotatable bonds is 3. The molecule has 0 heterocycles. The molecular weight excluding hydrogens is 324 g/mol. The second kappa shape index (κ2) is 6.47. The molecule has 4 aliphatic carbocycles. The Bertz CT molecular complexity index is 642. The zero-order valence-electron chi connectivity index (χ0n) is 16.4. The SMILES string of the molecule is CC12CCC(=O)C=C1CCC1C2CCC2(C)C(C(=O)NCCN)CCC12. The third-order valence-electron chi connectivity index (χ3n) is 8.72. The zero-order chi connectivity index (χ0) is 18.5. The number of amides is 1. The van der Waals surface area contributed by atoms with Crippen molar-refractivity contribution in [2.24, 2.45) is 40.2 Å². The van der Waals surface area contributed by atoms with E-state index in [4.69, 9.17) is 5.73 Å². The summed E-state index contributed by atoms with van der Waals surface area (Å²) in [5.74, 6) is 2.78. The van der Waals surface area contributed by atoms with Crippen LogP contribution in [0.3, 0.4) is 0 Å². The van der Waals surface area contributed by atoms with Crippen LogP contribution in [-0.2, 0) is 9.59 Å². The Morgan fingerprint density at radius 2 is 1.96 bits per heavy atom. The highest BCUT2D eigenvalue weighted by Gasteiger charge is 2.60. The third-order valence-corrected chi connectivity index (χ3v) is 8.72. The second-order valence-corrected chi connectivity index (χ2v) is 9.72. The molecule has 1 amide bonds. The molecule has 26 heavy (non-hydrogen) atoms. The van der Waals surface area contributed by atoms with Gasteiger partial charge in [0.2, 0.25) is 5.91 Å². The van der Waals surface area contributed by atoms with Crippen LogP contribution in [0.1, 0.15) is 65.2 Å². The largest absolute Gasteiger partial charge is 0.355 e. The third kappa shape index (κ3) is 2.59.